The van der Waals surface area contributed by atoms with Gasteiger partial charge < -0.3 is 9.47 Å². The molecule has 0 aliphatic carbocycles. The lowest BCUT2D eigenvalue weighted by Gasteiger charge is -2.33. The molecule has 3 heteroatoms. The predicted molar refractivity (Wildman–Crippen MR) is 82.7 cm³/mol. The Kier molecular flexibility index (Phi) is 12.8. The summed E-state index contributed by atoms with van der Waals surface area (Å²) >= 11 is 0. The highest BCUT2D eigenvalue weighted by Crippen LogP contribution is 2.08. The second kappa shape index (κ2) is 12.9. The van der Waals surface area contributed by atoms with Crippen LogP contribution in [0.5, 0.6) is 0 Å². The van der Waals surface area contributed by atoms with Crippen molar-refractivity contribution in [3.8, 4) is 0 Å². The summed E-state index contributed by atoms with van der Waals surface area (Å²) in [5, 5.41) is 0. The summed E-state index contributed by atoms with van der Waals surface area (Å²) < 4.78 is 11.4. The normalized spacial score (nSPS) is 20.2. The number of morpholine rings is 1. The van der Waals surface area contributed by atoms with Crippen LogP contribution in [0.2, 0.25) is 0 Å². The second-order valence-electron chi connectivity index (χ2n) is 5.43. The van der Waals surface area contributed by atoms with Gasteiger partial charge in [0.25, 0.3) is 0 Å². The molecule has 19 heavy (non-hydrogen) atoms. The largest absolute Gasteiger partial charge is 0.379 e. The zero-order chi connectivity index (χ0) is 14.5. The summed E-state index contributed by atoms with van der Waals surface area (Å²) in [7, 11) is 0. The van der Waals surface area contributed by atoms with Gasteiger partial charge in [-0.1, -0.05) is 47.5 Å². The van der Waals surface area contributed by atoms with Gasteiger partial charge in [-0.3, -0.25) is 4.90 Å². The van der Waals surface area contributed by atoms with E-state index in [1.165, 1.54) is 25.8 Å². The third-order valence-corrected chi connectivity index (χ3v) is 3.04. The number of unbranched alkanes of at least 4 members (excludes halogenated alkanes) is 2. The average molecular weight is 273 g/mol. The average Bonchev–Trinajstić information content (AvgIpc) is 2.40. The highest BCUT2D eigenvalue weighted by Gasteiger charge is 2.20. The first-order chi connectivity index (χ1) is 9.22. The second-order valence-corrected chi connectivity index (χ2v) is 5.43. The minimum atomic E-state index is 0.282. The molecule has 1 saturated heterocycles. The quantitative estimate of drug-likeness (QED) is 0.631. The standard InChI is InChI=1S/C14H29NO2.C2H6/c1-4-5-6-8-16-12-14-11-15(7-9-17-14)10-13(2)3;1-2/h13-14H,4-12H2,1-3H3;1-2H3. The zero-order valence-electron chi connectivity index (χ0n) is 13.8. The third kappa shape index (κ3) is 10.3. The lowest BCUT2D eigenvalue weighted by molar-refractivity contribution is -0.0713. The first kappa shape index (κ1) is 18.9. The van der Waals surface area contributed by atoms with Crippen LogP contribution < -0.4 is 0 Å². The van der Waals surface area contributed by atoms with Crippen LogP contribution in [0.15, 0.2) is 0 Å². The SMILES string of the molecule is CC.CCCCCOCC1CN(CC(C)C)CCO1. The minimum Gasteiger partial charge on any atom is -0.379 e. The van der Waals surface area contributed by atoms with Crippen LogP contribution in [0.25, 0.3) is 0 Å². The molecule has 0 spiro atoms. The Morgan fingerprint density at radius 2 is 2.00 bits per heavy atom. The van der Waals surface area contributed by atoms with E-state index in [1.54, 1.807) is 0 Å². The number of ether oxygens (including phenoxy) is 2. The molecule has 1 aliphatic rings. The molecule has 1 heterocycles. The Labute approximate surface area is 120 Å². The smallest absolute Gasteiger partial charge is 0.0935 e. The lowest BCUT2D eigenvalue weighted by Crippen LogP contribution is -2.45. The molecule has 116 valence electrons. The number of hydrogen-bond donors (Lipinski definition) is 0. The van der Waals surface area contributed by atoms with Crippen molar-refractivity contribution in [3.05, 3.63) is 0 Å². The van der Waals surface area contributed by atoms with Crippen molar-refractivity contribution in [3.63, 3.8) is 0 Å². The van der Waals surface area contributed by atoms with E-state index in [0.29, 0.717) is 0 Å². The molecule has 0 radical (unpaired) electrons. The van der Waals surface area contributed by atoms with Gasteiger partial charge in [-0.2, -0.15) is 0 Å². The fourth-order valence-corrected chi connectivity index (χ4v) is 2.23. The summed E-state index contributed by atoms with van der Waals surface area (Å²) in [5.41, 5.74) is 0. The van der Waals surface area contributed by atoms with E-state index in [-0.39, 0.29) is 6.10 Å². The molecule has 1 aliphatic heterocycles. The van der Waals surface area contributed by atoms with Crippen LogP contribution in [-0.4, -0.2) is 50.5 Å². The minimum absolute atomic E-state index is 0.282. The topological polar surface area (TPSA) is 21.7 Å². The molecule has 0 saturated carbocycles. The van der Waals surface area contributed by atoms with Crippen molar-refractivity contribution in [2.45, 2.75) is 60.0 Å². The van der Waals surface area contributed by atoms with E-state index in [0.717, 1.165) is 38.8 Å². The third-order valence-electron chi connectivity index (χ3n) is 3.04. The Bertz CT molecular complexity index is 186. The fraction of sp³-hybridized carbons (Fsp3) is 1.00. The van der Waals surface area contributed by atoms with Gasteiger partial charge in [-0.25, -0.2) is 0 Å². The summed E-state index contributed by atoms with van der Waals surface area (Å²) in [5.74, 6) is 0.735. The van der Waals surface area contributed by atoms with Gasteiger partial charge in [0.1, 0.15) is 0 Å². The summed E-state index contributed by atoms with van der Waals surface area (Å²) in [6, 6.07) is 0. The van der Waals surface area contributed by atoms with Gasteiger partial charge in [-0.15, -0.1) is 0 Å². The number of nitrogens with zero attached hydrogens (tertiary/aromatic N) is 1. The first-order valence-corrected chi connectivity index (χ1v) is 8.14. The van der Waals surface area contributed by atoms with Crippen molar-refractivity contribution in [1.29, 1.82) is 0 Å². The van der Waals surface area contributed by atoms with Crippen LogP contribution in [0.4, 0.5) is 0 Å². The van der Waals surface area contributed by atoms with Crippen molar-refractivity contribution < 1.29 is 9.47 Å². The maximum atomic E-state index is 5.73. The van der Waals surface area contributed by atoms with Crippen LogP contribution in [-0.2, 0) is 9.47 Å². The van der Waals surface area contributed by atoms with Gasteiger partial charge >= 0.3 is 0 Å². The van der Waals surface area contributed by atoms with Crippen LogP contribution in [0.1, 0.15) is 53.9 Å². The molecule has 3 nitrogen and oxygen atoms in total. The maximum Gasteiger partial charge on any atom is 0.0935 e. The Balaban J connectivity index is 0.00000154. The monoisotopic (exact) mass is 273 g/mol. The van der Waals surface area contributed by atoms with Gasteiger partial charge in [0.15, 0.2) is 0 Å². The van der Waals surface area contributed by atoms with E-state index in [4.69, 9.17) is 9.47 Å². The van der Waals surface area contributed by atoms with Crippen LogP contribution in [0.3, 0.4) is 0 Å². The molecule has 1 unspecified atom stereocenters. The Hall–Kier alpha value is -0.120. The summed E-state index contributed by atoms with van der Waals surface area (Å²) in [4.78, 5) is 2.49. The molecule has 1 fully saturated rings. The van der Waals surface area contributed by atoms with E-state index in [2.05, 4.69) is 25.7 Å². The van der Waals surface area contributed by atoms with E-state index < -0.39 is 0 Å². The summed E-state index contributed by atoms with van der Waals surface area (Å²) in [6.45, 7) is 16.5. The van der Waals surface area contributed by atoms with Crippen LogP contribution in [0, 0.1) is 5.92 Å². The molecule has 1 rings (SSSR count). The first-order valence-electron chi connectivity index (χ1n) is 8.14. The van der Waals surface area contributed by atoms with E-state index in [1.807, 2.05) is 13.8 Å². The van der Waals surface area contributed by atoms with Gasteiger partial charge in [0.2, 0.25) is 0 Å². The maximum absolute atomic E-state index is 5.73. The number of rotatable bonds is 8. The lowest BCUT2D eigenvalue weighted by atomic mass is 10.2. The number of hydrogen-bond acceptors (Lipinski definition) is 3. The molecule has 0 aromatic heterocycles. The Morgan fingerprint density at radius 3 is 2.63 bits per heavy atom. The molecule has 0 bridgehead atoms. The fourth-order valence-electron chi connectivity index (χ4n) is 2.23. The van der Waals surface area contributed by atoms with Gasteiger partial charge in [-0.05, 0) is 12.3 Å². The van der Waals surface area contributed by atoms with Crippen LogP contribution >= 0.6 is 0 Å². The van der Waals surface area contributed by atoms with Crippen molar-refractivity contribution in [1.82, 2.24) is 4.90 Å². The van der Waals surface area contributed by atoms with Gasteiger partial charge in [0.05, 0.1) is 19.3 Å². The zero-order valence-corrected chi connectivity index (χ0v) is 13.8. The molecule has 0 amide bonds. The molecular weight excluding hydrogens is 238 g/mol. The van der Waals surface area contributed by atoms with Crippen molar-refractivity contribution in [2.24, 2.45) is 5.92 Å². The van der Waals surface area contributed by atoms with Gasteiger partial charge in [0, 0.05) is 26.2 Å². The molecule has 0 N–H and O–H groups in total. The molecule has 0 aromatic rings. The molecule has 1 atom stereocenters. The molecular formula is C16H35NO2. The van der Waals surface area contributed by atoms with E-state index in [9.17, 15) is 0 Å². The highest BCUT2D eigenvalue weighted by molar-refractivity contribution is 4.71. The summed E-state index contributed by atoms with van der Waals surface area (Å²) in [6.07, 6.45) is 3.99. The Morgan fingerprint density at radius 1 is 1.26 bits per heavy atom. The van der Waals surface area contributed by atoms with Crippen molar-refractivity contribution >= 4 is 0 Å². The van der Waals surface area contributed by atoms with E-state index >= 15 is 0 Å². The molecule has 0 aromatic carbocycles. The van der Waals surface area contributed by atoms with Crippen molar-refractivity contribution in [2.75, 3.05) is 39.5 Å². The predicted octanol–water partition coefficient (Wildman–Crippen LogP) is 3.58. The highest BCUT2D eigenvalue weighted by atomic mass is 16.5.